The maximum atomic E-state index is 5.54. The number of nitrogens with two attached hydrogens (primary N) is 1. The Hall–Kier alpha value is -0.490. The molecule has 4 nitrogen and oxygen atoms in total. The van der Waals surface area contributed by atoms with E-state index in [1.807, 2.05) is 0 Å². The summed E-state index contributed by atoms with van der Waals surface area (Å²) in [5.74, 6) is 0.532. The summed E-state index contributed by atoms with van der Waals surface area (Å²) in [7, 11) is 0. The molecular formula is C12H22N4S. The Labute approximate surface area is 107 Å². The fourth-order valence-electron chi connectivity index (χ4n) is 2.17. The largest absolute Gasteiger partial charge is 0.330 e. The van der Waals surface area contributed by atoms with E-state index in [0.29, 0.717) is 12.5 Å². The van der Waals surface area contributed by atoms with Crippen LogP contribution >= 0.6 is 11.3 Å². The van der Waals surface area contributed by atoms with Crippen LogP contribution in [0.4, 0.5) is 0 Å². The van der Waals surface area contributed by atoms with Gasteiger partial charge in [-0.3, -0.25) is 0 Å². The summed E-state index contributed by atoms with van der Waals surface area (Å²) in [6, 6.07) is 0. The van der Waals surface area contributed by atoms with E-state index in [0.717, 1.165) is 44.8 Å². The zero-order valence-corrected chi connectivity index (χ0v) is 11.3. The lowest BCUT2D eigenvalue weighted by molar-refractivity contribution is 0.230. The molecule has 1 aliphatic heterocycles. The highest BCUT2D eigenvalue weighted by atomic mass is 32.1. The van der Waals surface area contributed by atoms with Crippen molar-refractivity contribution >= 4 is 11.3 Å². The molecule has 0 aliphatic carbocycles. The van der Waals surface area contributed by atoms with E-state index in [2.05, 4.69) is 27.5 Å². The Morgan fingerprint density at radius 3 is 3.00 bits per heavy atom. The van der Waals surface area contributed by atoms with Crippen LogP contribution in [0.2, 0.25) is 0 Å². The van der Waals surface area contributed by atoms with Crippen LogP contribution in [0.5, 0.6) is 0 Å². The number of nitrogens with zero attached hydrogens (tertiary/aromatic N) is 2. The molecule has 0 amide bonds. The maximum absolute atomic E-state index is 5.54. The Balaban J connectivity index is 1.86. The fraction of sp³-hybridized carbons (Fsp3) is 0.750. The summed E-state index contributed by atoms with van der Waals surface area (Å²) in [6.45, 7) is 8.63. The van der Waals surface area contributed by atoms with E-state index in [9.17, 15) is 0 Å². The number of hydrogen-bond donors (Lipinski definition) is 2. The average molecular weight is 254 g/mol. The predicted molar refractivity (Wildman–Crippen MR) is 72.6 cm³/mol. The first-order valence-corrected chi connectivity index (χ1v) is 7.25. The van der Waals surface area contributed by atoms with Gasteiger partial charge in [0, 0.05) is 50.4 Å². The summed E-state index contributed by atoms with van der Waals surface area (Å²) in [6.07, 6.45) is 0.900. The molecule has 0 saturated carbocycles. The van der Waals surface area contributed by atoms with E-state index in [4.69, 9.17) is 5.73 Å². The highest BCUT2D eigenvalue weighted by Gasteiger charge is 2.16. The standard InChI is InChI=1S/C12H22N4S/c1-10(8-16-6-4-14-5-7-16)12-15-11(2-3-13)9-17-12/h9-10,14H,2-8,13H2,1H3. The van der Waals surface area contributed by atoms with Gasteiger partial charge in [0.1, 0.15) is 0 Å². The minimum atomic E-state index is 0.532. The minimum absolute atomic E-state index is 0.532. The van der Waals surface area contributed by atoms with E-state index < -0.39 is 0 Å². The minimum Gasteiger partial charge on any atom is -0.330 e. The molecule has 2 rings (SSSR count). The molecule has 3 N–H and O–H groups in total. The number of thiazole rings is 1. The second-order valence-electron chi connectivity index (χ2n) is 4.67. The van der Waals surface area contributed by atoms with Crippen LogP contribution < -0.4 is 11.1 Å². The highest BCUT2D eigenvalue weighted by Crippen LogP contribution is 2.21. The Morgan fingerprint density at radius 1 is 1.53 bits per heavy atom. The van der Waals surface area contributed by atoms with Gasteiger partial charge in [0.05, 0.1) is 10.7 Å². The molecule has 1 saturated heterocycles. The third kappa shape index (κ3) is 3.74. The molecule has 1 fully saturated rings. The van der Waals surface area contributed by atoms with E-state index in [1.165, 1.54) is 5.01 Å². The lowest BCUT2D eigenvalue weighted by Crippen LogP contribution is -2.44. The molecule has 1 aromatic heterocycles. The van der Waals surface area contributed by atoms with Gasteiger partial charge in [-0.2, -0.15) is 0 Å². The van der Waals surface area contributed by atoms with Crippen molar-refractivity contribution in [3.63, 3.8) is 0 Å². The topological polar surface area (TPSA) is 54.2 Å². The van der Waals surface area contributed by atoms with Crippen LogP contribution in [0.1, 0.15) is 23.5 Å². The number of hydrogen-bond acceptors (Lipinski definition) is 5. The third-order valence-electron chi connectivity index (χ3n) is 3.13. The predicted octanol–water partition coefficient (Wildman–Crippen LogP) is 0.653. The van der Waals surface area contributed by atoms with Crippen LogP contribution in [0.25, 0.3) is 0 Å². The summed E-state index contributed by atoms with van der Waals surface area (Å²) in [5, 5.41) is 6.79. The van der Waals surface area contributed by atoms with Gasteiger partial charge in [-0.15, -0.1) is 11.3 Å². The molecule has 96 valence electrons. The average Bonchev–Trinajstić information content (AvgIpc) is 2.79. The molecule has 0 aromatic carbocycles. The van der Waals surface area contributed by atoms with Crippen molar-refractivity contribution in [2.24, 2.45) is 5.73 Å². The number of piperazine rings is 1. The molecule has 0 bridgehead atoms. The zero-order chi connectivity index (χ0) is 12.1. The van der Waals surface area contributed by atoms with Gasteiger partial charge in [0.15, 0.2) is 0 Å². The number of nitrogens with one attached hydrogen (secondary N) is 1. The van der Waals surface area contributed by atoms with Crippen molar-refractivity contribution in [3.8, 4) is 0 Å². The van der Waals surface area contributed by atoms with E-state index in [1.54, 1.807) is 11.3 Å². The Kier molecular flexibility index (Phi) is 4.91. The molecular weight excluding hydrogens is 232 g/mol. The monoisotopic (exact) mass is 254 g/mol. The summed E-state index contributed by atoms with van der Waals surface area (Å²) in [5.41, 5.74) is 6.70. The van der Waals surface area contributed by atoms with Crippen molar-refractivity contribution < 1.29 is 0 Å². The molecule has 1 aliphatic rings. The van der Waals surface area contributed by atoms with Crippen LogP contribution in [-0.2, 0) is 6.42 Å². The molecule has 0 radical (unpaired) electrons. The van der Waals surface area contributed by atoms with Gasteiger partial charge < -0.3 is 16.0 Å². The lowest BCUT2D eigenvalue weighted by atomic mass is 10.1. The molecule has 5 heteroatoms. The quantitative estimate of drug-likeness (QED) is 0.810. The molecule has 2 heterocycles. The molecule has 0 spiro atoms. The van der Waals surface area contributed by atoms with E-state index >= 15 is 0 Å². The van der Waals surface area contributed by atoms with Crippen molar-refractivity contribution in [3.05, 3.63) is 16.1 Å². The van der Waals surface area contributed by atoms with Crippen molar-refractivity contribution in [1.82, 2.24) is 15.2 Å². The second kappa shape index (κ2) is 6.44. The summed E-state index contributed by atoms with van der Waals surface area (Å²) < 4.78 is 0. The third-order valence-corrected chi connectivity index (χ3v) is 4.26. The number of rotatable bonds is 5. The molecule has 1 atom stereocenters. The molecule has 1 unspecified atom stereocenters. The molecule has 1 aromatic rings. The lowest BCUT2D eigenvalue weighted by Gasteiger charge is -2.29. The van der Waals surface area contributed by atoms with Gasteiger partial charge in [-0.1, -0.05) is 6.92 Å². The highest BCUT2D eigenvalue weighted by molar-refractivity contribution is 7.09. The normalized spacial score (nSPS) is 19.4. The first kappa shape index (κ1) is 13.0. The van der Waals surface area contributed by atoms with Gasteiger partial charge in [-0.25, -0.2) is 4.98 Å². The van der Waals surface area contributed by atoms with Gasteiger partial charge in [-0.05, 0) is 6.54 Å². The van der Waals surface area contributed by atoms with Crippen LogP contribution in [0.15, 0.2) is 5.38 Å². The van der Waals surface area contributed by atoms with E-state index in [-0.39, 0.29) is 0 Å². The maximum Gasteiger partial charge on any atom is 0.0969 e. The van der Waals surface area contributed by atoms with Crippen LogP contribution in [0, 0.1) is 0 Å². The van der Waals surface area contributed by atoms with Crippen molar-refractivity contribution in [2.75, 3.05) is 39.3 Å². The summed E-state index contributed by atoms with van der Waals surface area (Å²) >= 11 is 1.78. The first-order chi connectivity index (χ1) is 8.29. The van der Waals surface area contributed by atoms with Gasteiger partial charge in [0.25, 0.3) is 0 Å². The van der Waals surface area contributed by atoms with Crippen molar-refractivity contribution in [1.29, 1.82) is 0 Å². The van der Waals surface area contributed by atoms with Crippen LogP contribution in [-0.4, -0.2) is 49.2 Å². The van der Waals surface area contributed by atoms with Gasteiger partial charge in [0.2, 0.25) is 0 Å². The second-order valence-corrected chi connectivity index (χ2v) is 5.56. The van der Waals surface area contributed by atoms with Gasteiger partial charge >= 0.3 is 0 Å². The Morgan fingerprint density at radius 2 is 2.29 bits per heavy atom. The van der Waals surface area contributed by atoms with Crippen LogP contribution in [0.3, 0.4) is 0 Å². The zero-order valence-electron chi connectivity index (χ0n) is 10.5. The van der Waals surface area contributed by atoms with Crippen molar-refractivity contribution in [2.45, 2.75) is 19.3 Å². The SMILES string of the molecule is CC(CN1CCNCC1)c1nc(CCN)cs1. The fourth-order valence-corrected chi connectivity index (χ4v) is 3.07. The molecule has 17 heavy (non-hydrogen) atoms. The first-order valence-electron chi connectivity index (χ1n) is 6.37. The summed E-state index contributed by atoms with van der Waals surface area (Å²) in [4.78, 5) is 7.18. The smallest absolute Gasteiger partial charge is 0.0969 e. The number of aromatic nitrogens is 1. The Bertz CT molecular complexity index is 333.